The van der Waals surface area contributed by atoms with E-state index in [2.05, 4.69) is 9.98 Å². The highest BCUT2D eigenvalue weighted by Crippen LogP contribution is 2.60. The van der Waals surface area contributed by atoms with Gasteiger partial charge in [0.2, 0.25) is 12.2 Å². The van der Waals surface area contributed by atoms with Crippen molar-refractivity contribution >= 4 is 46.7 Å². The van der Waals surface area contributed by atoms with E-state index in [9.17, 15) is 9.59 Å². The third-order valence-corrected chi connectivity index (χ3v) is 3.95. The standard InChI is InChI=1S/C14H4Cl2N2O2/c15-11-9-7-3-1-2-4-8(7)10(9)13(17-5-19)14(12(11)16)18-6-20/h1-4H. The summed E-state index contributed by atoms with van der Waals surface area (Å²) in [6.07, 6.45) is 2.83. The molecular formula is C14H4Cl2N2O2. The smallest absolute Gasteiger partial charge is 0.211 e. The molecule has 0 aliphatic heterocycles. The Labute approximate surface area is 123 Å². The quantitative estimate of drug-likeness (QED) is 0.514. The molecule has 0 aromatic heterocycles. The van der Waals surface area contributed by atoms with E-state index in [1.807, 2.05) is 24.3 Å². The highest BCUT2D eigenvalue weighted by molar-refractivity contribution is 6.47. The fourth-order valence-corrected chi connectivity index (χ4v) is 2.85. The molecule has 0 spiro atoms. The number of rotatable bonds is 2. The summed E-state index contributed by atoms with van der Waals surface area (Å²) in [6, 6.07) is 7.46. The van der Waals surface area contributed by atoms with Crippen LogP contribution in [0.25, 0.3) is 22.3 Å². The second-order valence-corrected chi connectivity index (χ2v) is 4.78. The van der Waals surface area contributed by atoms with Crippen molar-refractivity contribution in [3.05, 3.63) is 34.3 Å². The number of carbonyl (C=O) groups excluding carboxylic acids is 2. The van der Waals surface area contributed by atoms with Crippen molar-refractivity contribution in [1.29, 1.82) is 0 Å². The number of fused-ring (bicyclic) bond motifs is 4. The average Bonchev–Trinajstić information content (AvgIpc) is 2.43. The van der Waals surface area contributed by atoms with E-state index < -0.39 is 0 Å². The number of aliphatic imine (C=N–C) groups is 2. The molecule has 6 heteroatoms. The van der Waals surface area contributed by atoms with Crippen LogP contribution < -0.4 is 0 Å². The molecule has 1 aliphatic rings. The topological polar surface area (TPSA) is 58.9 Å². The third-order valence-electron chi connectivity index (χ3n) is 3.11. The Balaban J connectivity index is 2.46. The van der Waals surface area contributed by atoms with Gasteiger partial charge in [-0.15, -0.1) is 0 Å². The van der Waals surface area contributed by atoms with Crippen LogP contribution >= 0.6 is 23.2 Å². The van der Waals surface area contributed by atoms with E-state index in [-0.39, 0.29) is 21.4 Å². The Morgan fingerprint density at radius 2 is 1.35 bits per heavy atom. The lowest BCUT2D eigenvalue weighted by atomic mass is 9.79. The van der Waals surface area contributed by atoms with E-state index in [1.165, 1.54) is 12.2 Å². The number of nitrogens with zero attached hydrogens (tertiary/aromatic N) is 2. The van der Waals surface area contributed by atoms with Crippen LogP contribution in [0.4, 0.5) is 11.4 Å². The van der Waals surface area contributed by atoms with Crippen molar-refractivity contribution in [2.75, 3.05) is 0 Å². The van der Waals surface area contributed by atoms with Gasteiger partial charge in [0, 0.05) is 11.1 Å². The first-order valence-electron chi connectivity index (χ1n) is 5.51. The molecule has 20 heavy (non-hydrogen) atoms. The van der Waals surface area contributed by atoms with Crippen LogP contribution in [0, 0.1) is 0 Å². The lowest BCUT2D eigenvalue weighted by Gasteiger charge is -2.27. The summed E-state index contributed by atoms with van der Waals surface area (Å²) in [7, 11) is 0. The Hall–Kier alpha value is -2.22. The van der Waals surface area contributed by atoms with Crippen LogP contribution in [-0.2, 0) is 9.59 Å². The minimum Gasteiger partial charge on any atom is -0.211 e. The van der Waals surface area contributed by atoms with E-state index >= 15 is 0 Å². The average molecular weight is 303 g/mol. The molecule has 0 N–H and O–H groups in total. The van der Waals surface area contributed by atoms with Gasteiger partial charge in [-0.05, 0) is 11.1 Å². The molecule has 0 atom stereocenters. The predicted molar refractivity (Wildman–Crippen MR) is 76.5 cm³/mol. The normalized spacial score (nSPS) is 10.5. The number of hydrogen-bond donors (Lipinski definition) is 0. The molecule has 0 saturated heterocycles. The van der Waals surface area contributed by atoms with E-state index in [4.69, 9.17) is 23.2 Å². The highest BCUT2D eigenvalue weighted by atomic mass is 35.5. The van der Waals surface area contributed by atoms with Gasteiger partial charge in [0.25, 0.3) is 0 Å². The van der Waals surface area contributed by atoms with Gasteiger partial charge in [-0.2, -0.15) is 9.98 Å². The van der Waals surface area contributed by atoms with Crippen molar-refractivity contribution < 1.29 is 9.59 Å². The van der Waals surface area contributed by atoms with Gasteiger partial charge >= 0.3 is 0 Å². The van der Waals surface area contributed by atoms with E-state index in [0.717, 1.165) is 11.1 Å². The number of benzene rings is 2. The van der Waals surface area contributed by atoms with Crippen LogP contribution in [-0.4, -0.2) is 12.2 Å². The molecule has 2 aromatic rings. The predicted octanol–water partition coefficient (Wildman–Crippen LogP) is 4.58. The van der Waals surface area contributed by atoms with Gasteiger partial charge in [0.05, 0.1) is 10.0 Å². The SMILES string of the molecule is O=C=Nc1c(Cl)c(Cl)c2c(c1N=C=O)-c1ccccc1-2. The summed E-state index contributed by atoms with van der Waals surface area (Å²) in [6.45, 7) is 0. The monoisotopic (exact) mass is 302 g/mol. The van der Waals surface area contributed by atoms with Crippen molar-refractivity contribution in [2.24, 2.45) is 9.98 Å². The van der Waals surface area contributed by atoms with Gasteiger partial charge in [-0.25, -0.2) is 9.59 Å². The van der Waals surface area contributed by atoms with E-state index in [1.54, 1.807) is 0 Å². The molecule has 0 saturated carbocycles. The maximum Gasteiger partial charge on any atom is 0.240 e. The Bertz CT molecular complexity index is 849. The molecule has 1 aliphatic carbocycles. The second-order valence-electron chi connectivity index (χ2n) is 4.03. The van der Waals surface area contributed by atoms with Gasteiger partial charge in [-0.1, -0.05) is 47.5 Å². The zero-order valence-corrected chi connectivity index (χ0v) is 11.3. The summed E-state index contributed by atoms with van der Waals surface area (Å²) in [5.41, 5.74) is 3.35. The summed E-state index contributed by atoms with van der Waals surface area (Å²) < 4.78 is 0. The van der Waals surface area contributed by atoms with Gasteiger partial charge in [0.15, 0.2) is 0 Å². The zero-order valence-electron chi connectivity index (χ0n) is 9.78. The molecule has 2 aromatic carbocycles. The summed E-state index contributed by atoms with van der Waals surface area (Å²) in [5.74, 6) is 0. The molecule has 4 nitrogen and oxygen atoms in total. The highest BCUT2D eigenvalue weighted by Gasteiger charge is 2.32. The molecular weight excluding hydrogens is 299 g/mol. The molecule has 96 valence electrons. The maximum atomic E-state index is 10.6. The Morgan fingerprint density at radius 3 is 1.95 bits per heavy atom. The molecule has 0 radical (unpaired) electrons. The van der Waals surface area contributed by atoms with Crippen LogP contribution in [0.2, 0.25) is 10.0 Å². The van der Waals surface area contributed by atoms with Gasteiger partial charge < -0.3 is 0 Å². The fraction of sp³-hybridized carbons (Fsp3) is 0. The van der Waals surface area contributed by atoms with Gasteiger partial charge in [-0.3, -0.25) is 0 Å². The van der Waals surface area contributed by atoms with Crippen molar-refractivity contribution in [1.82, 2.24) is 0 Å². The zero-order chi connectivity index (χ0) is 14.3. The van der Waals surface area contributed by atoms with Crippen LogP contribution in [0.5, 0.6) is 0 Å². The summed E-state index contributed by atoms with van der Waals surface area (Å²) in [4.78, 5) is 28.3. The van der Waals surface area contributed by atoms with Crippen LogP contribution in [0.15, 0.2) is 34.3 Å². The van der Waals surface area contributed by atoms with Crippen LogP contribution in [0.1, 0.15) is 0 Å². The summed E-state index contributed by atoms with van der Waals surface area (Å²) in [5, 5.41) is 0.344. The molecule has 0 unspecified atom stereocenters. The molecule has 3 rings (SSSR count). The summed E-state index contributed by atoms with van der Waals surface area (Å²) >= 11 is 12.3. The first-order chi connectivity index (χ1) is 9.70. The second kappa shape index (κ2) is 4.71. The Kier molecular flexibility index (Phi) is 3.01. The minimum absolute atomic E-state index is 0.0308. The fourth-order valence-electron chi connectivity index (χ4n) is 2.34. The van der Waals surface area contributed by atoms with Crippen molar-refractivity contribution in [3.8, 4) is 22.3 Å². The van der Waals surface area contributed by atoms with Crippen molar-refractivity contribution in [3.63, 3.8) is 0 Å². The lowest BCUT2D eigenvalue weighted by molar-refractivity contribution is 0.564. The Morgan fingerprint density at radius 1 is 0.800 bits per heavy atom. The first kappa shape index (κ1) is 12.8. The molecule has 0 bridgehead atoms. The number of isocyanates is 2. The number of halogens is 2. The van der Waals surface area contributed by atoms with Crippen molar-refractivity contribution in [2.45, 2.75) is 0 Å². The first-order valence-corrected chi connectivity index (χ1v) is 6.26. The lowest BCUT2D eigenvalue weighted by Crippen LogP contribution is -2.00. The molecule has 0 heterocycles. The number of hydrogen-bond acceptors (Lipinski definition) is 4. The van der Waals surface area contributed by atoms with Gasteiger partial charge in [0.1, 0.15) is 11.4 Å². The van der Waals surface area contributed by atoms with E-state index in [0.29, 0.717) is 11.1 Å². The maximum absolute atomic E-state index is 10.6. The minimum atomic E-state index is 0.0308. The van der Waals surface area contributed by atoms with Crippen LogP contribution in [0.3, 0.4) is 0 Å². The molecule has 0 fully saturated rings. The molecule has 0 amide bonds. The third kappa shape index (κ3) is 1.58. The largest absolute Gasteiger partial charge is 0.240 e.